The normalized spacial score (nSPS) is 12.0. The summed E-state index contributed by atoms with van der Waals surface area (Å²) in [5.41, 5.74) is 2.67. The minimum absolute atomic E-state index is 0.620. The third-order valence-electron chi connectivity index (χ3n) is 1.88. The Morgan fingerprint density at radius 1 is 1.43 bits per heavy atom. The summed E-state index contributed by atoms with van der Waals surface area (Å²) in [4.78, 5) is 6.56. The minimum Gasteiger partial charge on any atom is -0.342 e. The van der Waals surface area contributed by atoms with Gasteiger partial charge in [-0.05, 0) is 19.3 Å². The summed E-state index contributed by atoms with van der Waals surface area (Å²) >= 11 is 0. The zero-order valence-corrected chi connectivity index (χ0v) is 9.88. The van der Waals surface area contributed by atoms with Crippen LogP contribution >= 0.6 is 0 Å². The monoisotopic (exact) mass is 200 g/mol. The lowest BCUT2D eigenvalue weighted by atomic mass is 10.2. The van der Waals surface area contributed by atoms with Crippen molar-refractivity contribution in [2.75, 3.05) is 19.6 Å². The maximum absolute atomic E-state index is 5.44. The van der Waals surface area contributed by atoms with Gasteiger partial charge in [0.1, 0.15) is 0 Å². The molecule has 0 heterocycles. The van der Waals surface area contributed by atoms with E-state index in [2.05, 4.69) is 43.0 Å². The summed E-state index contributed by atoms with van der Waals surface area (Å²) in [5, 5.41) is 0. The van der Waals surface area contributed by atoms with Gasteiger partial charge in [-0.2, -0.15) is 0 Å². The first-order valence-electron chi connectivity index (χ1n) is 5.41. The molecule has 0 saturated heterocycles. The largest absolute Gasteiger partial charge is 0.342 e. The molecule has 0 spiro atoms. The zero-order valence-electron chi connectivity index (χ0n) is 9.88. The Labute approximate surface area is 87.5 Å². The van der Waals surface area contributed by atoms with Crippen LogP contribution in [-0.4, -0.2) is 30.5 Å². The molecule has 0 radical (unpaired) electrons. The number of aliphatic imine (C=N–C) groups is 1. The first-order chi connectivity index (χ1) is 6.65. The Kier molecular flexibility index (Phi) is 7.20. The molecule has 0 atom stereocenters. The predicted molar refractivity (Wildman–Crippen MR) is 62.0 cm³/mol. The van der Waals surface area contributed by atoms with Gasteiger partial charge in [0.2, 0.25) is 5.96 Å². The lowest BCUT2D eigenvalue weighted by Crippen LogP contribution is -2.46. The van der Waals surface area contributed by atoms with Gasteiger partial charge in [-0.1, -0.05) is 20.8 Å². The smallest absolute Gasteiger partial charge is 0.208 e. The van der Waals surface area contributed by atoms with Crippen molar-refractivity contribution in [2.24, 2.45) is 16.8 Å². The van der Waals surface area contributed by atoms with Crippen molar-refractivity contribution in [2.45, 2.75) is 34.1 Å². The Balaban J connectivity index is 4.28. The van der Waals surface area contributed by atoms with E-state index < -0.39 is 0 Å². The highest BCUT2D eigenvalue weighted by molar-refractivity contribution is 5.79. The van der Waals surface area contributed by atoms with E-state index in [0.717, 1.165) is 32.0 Å². The second-order valence-corrected chi connectivity index (χ2v) is 3.78. The molecule has 0 aromatic heterocycles. The van der Waals surface area contributed by atoms with Crippen molar-refractivity contribution in [1.82, 2.24) is 10.3 Å². The first kappa shape index (κ1) is 13.2. The number of nitrogens with one attached hydrogen (secondary N) is 1. The highest BCUT2D eigenvalue weighted by Crippen LogP contribution is 1.98. The maximum atomic E-state index is 5.44. The second kappa shape index (κ2) is 7.62. The highest BCUT2D eigenvalue weighted by atomic mass is 15.4. The summed E-state index contributed by atoms with van der Waals surface area (Å²) in [7, 11) is 0. The van der Waals surface area contributed by atoms with E-state index in [1.54, 1.807) is 0 Å². The molecule has 0 unspecified atom stereocenters. The van der Waals surface area contributed by atoms with Crippen LogP contribution < -0.4 is 11.3 Å². The molecule has 0 aromatic carbocycles. The third-order valence-corrected chi connectivity index (χ3v) is 1.88. The Bertz CT molecular complexity index is 166. The molecule has 0 aliphatic heterocycles. The van der Waals surface area contributed by atoms with E-state index in [9.17, 15) is 0 Å². The molecule has 0 bridgehead atoms. The number of nitrogens with zero attached hydrogens (tertiary/aromatic N) is 2. The van der Waals surface area contributed by atoms with Crippen molar-refractivity contribution in [3.8, 4) is 0 Å². The molecule has 0 rings (SSSR count). The summed E-state index contributed by atoms with van der Waals surface area (Å²) in [5.74, 6) is 6.87. The lowest BCUT2D eigenvalue weighted by molar-refractivity contribution is 0.368. The Hall–Kier alpha value is -0.770. The van der Waals surface area contributed by atoms with Gasteiger partial charge in [0, 0.05) is 19.6 Å². The molecule has 0 aliphatic rings. The van der Waals surface area contributed by atoms with Crippen LogP contribution in [0, 0.1) is 5.92 Å². The van der Waals surface area contributed by atoms with Crippen LogP contribution in [0.2, 0.25) is 0 Å². The van der Waals surface area contributed by atoms with E-state index in [1.807, 2.05) is 0 Å². The summed E-state index contributed by atoms with van der Waals surface area (Å²) in [6, 6.07) is 0. The zero-order chi connectivity index (χ0) is 11.0. The molecular weight excluding hydrogens is 176 g/mol. The average Bonchev–Trinajstić information content (AvgIpc) is 2.16. The molecule has 3 N–H and O–H groups in total. The predicted octanol–water partition coefficient (Wildman–Crippen LogP) is 1.19. The fourth-order valence-electron chi connectivity index (χ4n) is 1.26. The molecule has 4 heteroatoms. The van der Waals surface area contributed by atoms with Gasteiger partial charge in [-0.15, -0.1) is 0 Å². The van der Waals surface area contributed by atoms with Crippen LogP contribution in [0.4, 0.5) is 0 Å². The minimum atomic E-state index is 0.620. The van der Waals surface area contributed by atoms with E-state index in [-0.39, 0.29) is 0 Å². The number of nitrogens with two attached hydrogens (primary N) is 1. The maximum Gasteiger partial charge on any atom is 0.208 e. The topological polar surface area (TPSA) is 53.6 Å². The van der Waals surface area contributed by atoms with Crippen molar-refractivity contribution in [3.05, 3.63) is 0 Å². The molecule has 0 aromatic rings. The molecule has 14 heavy (non-hydrogen) atoms. The molecule has 84 valence electrons. The molecule has 4 nitrogen and oxygen atoms in total. The van der Waals surface area contributed by atoms with Gasteiger partial charge < -0.3 is 4.90 Å². The van der Waals surface area contributed by atoms with Gasteiger partial charge in [-0.3, -0.25) is 10.4 Å². The fourth-order valence-corrected chi connectivity index (χ4v) is 1.26. The number of hydrogen-bond donors (Lipinski definition) is 2. The van der Waals surface area contributed by atoms with Gasteiger partial charge in [0.25, 0.3) is 0 Å². The summed E-state index contributed by atoms with van der Waals surface area (Å²) < 4.78 is 0. The third kappa shape index (κ3) is 5.07. The van der Waals surface area contributed by atoms with Crippen molar-refractivity contribution >= 4 is 5.96 Å². The van der Waals surface area contributed by atoms with Gasteiger partial charge >= 0.3 is 0 Å². The summed E-state index contributed by atoms with van der Waals surface area (Å²) in [6.07, 6.45) is 1.05. The first-order valence-corrected chi connectivity index (χ1v) is 5.41. The van der Waals surface area contributed by atoms with Crippen LogP contribution in [-0.2, 0) is 0 Å². The molecule has 0 fully saturated rings. The number of rotatable bonds is 5. The van der Waals surface area contributed by atoms with Crippen LogP contribution in [0.3, 0.4) is 0 Å². The van der Waals surface area contributed by atoms with Crippen LogP contribution in [0.15, 0.2) is 4.99 Å². The second-order valence-electron chi connectivity index (χ2n) is 3.78. The summed E-state index contributed by atoms with van der Waals surface area (Å²) in [6.45, 7) is 11.4. The van der Waals surface area contributed by atoms with E-state index in [4.69, 9.17) is 5.84 Å². The number of guanidine groups is 1. The quantitative estimate of drug-likeness (QED) is 0.303. The van der Waals surface area contributed by atoms with E-state index in [0.29, 0.717) is 5.92 Å². The van der Waals surface area contributed by atoms with E-state index in [1.165, 1.54) is 0 Å². The molecule has 0 aliphatic carbocycles. The Morgan fingerprint density at radius 3 is 2.43 bits per heavy atom. The number of hydrazine groups is 1. The van der Waals surface area contributed by atoms with E-state index >= 15 is 0 Å². The van der Waals surface area contributed by atoms with Crippen LogP contribution in [0.25, 0.3) is 0 Å². The standard InChI is InChI=1S/C10H24N4/c1-5-7-12-10(13-11)14(6-2)8-9(3)4/h9H,5-8,11H2,1-4H3,(H,12,13). The average molecular weight is 200 g/mol. The van der Waals surface area contributed by atoms with Gasteiger partial charge in [0.15, 0.2) is 0 Å². The highest BCUT2D eigenvalue weighted by Gasteiger charge is 2.08. The number of hydrogen-bond acceptors (Lipinski definition) is 2. The van der Waals surface area contributed by atoms with Crippen LogP contribution in [0.5, 0.6) is 0 Å². The van der Waals surface area contributed by atoms with Crippen molar-refractivity contribution < 1.29 is 0 Å². The Morgan fingerprint density at radius 2 is 2.07 bits per heavy atom. The van der Waals surface area contributed by atoms with Gasteiger partial charge in [0.05, 0.1) is 0 Å². The van der Waals surface area contributed by atoms with Crippen molar-refractivity contribution in [3.63, 3.8) is 0 Å². The van der Waals surface area contributed by atoms with Crippen LogP contribution in [0.1, 0.15) is 34.1 Å². The van der Waals surface area contributed by atoms with Crippen molar-refractivity contribution in [1.29, 1.82) is 0 Å². The SMILES string of the molecule is CCCN=C(NN)N(CC)CC(C)C. The molecular formula is C10H24N4. The molecule has 0 saturated carbocycles. The lowest BCUT2D eigenvalue weighted by Gasteiger charge is -2.25. The fraction of sp³-hybridized carbons (Fsp3) is 0.900. The molecule has 0 amide bonds. The van der Waals surface area contributed by atoms with Gasteiger partial charge in [-0.25, -0.2) is 5.84 Å².